The smallest absolute Gasteiger partial charge is 0.113 e. The van der Waals surface area contributed by atoms with Crippen molar-refractivity contribution in [3.8, 4) is 0 Å². The number of rotatable bonds is 11. The Morgan fingerprint density at radius 3 is 2.08 bits per heavy atom. The van der Waals surface area contributed by atoms with E-state index in [2.05, 4.69) is 61.8 Å². The Bertz CT molecular complexity index is 1260. The van der Waals surface area contributed by atoms with Crippen LogP contribution in [0.1, 0.15) is 88.6 Å². The van der Waals surface area contributed by atoms with Crippen molar-refractivity contribution in [2.45, 2.75) is 84.1 Å². The average Bonchev–Trinajstić information content (AvgIpc) is 3.65. The highest BCUT2D eigenvalue weighted by molar-refractivity contribution is 5.73. The molecule has 0 bridgehead atoms. The summed E-state index contributed by atoms with van der Waals surface area (Å²) in [5.41, 5.74) is 6.11. The minimum absolute atomic E-state index is 0.305. The van der Waals surface area contributed by atoms with Gasteiger partial charge in [-0.3, -0.25) is 10.2 Å². The zero-order valence-corrected chi connectivity index (χ0v) is 21.6. The van der Waals surface area contributed by atoms with Gasteiger partial charge >= 0.3 is 0 Å². The molecule has 2 N–H and O–H groups in total. The summed E-state index contributed by atoms with van der Waals surface area (Å²) in [6.07, 6.45) is 9.78. The summed E-state index contributed by atoms with van der Waals surface area (Å²) in [7, 11) is 0. The lowest BCUT2D eigenvalue weighted by atomic mass is 9.90. The van der Waals surface area contributed by atoms with Gasteiger partial charge in [-0.15, -0.1) is 10.2 Å². The molecule has 0 saturated carbocycles. The lowest BCUT2D eigenvalue weighted by Gasteiger charge is -2.17. The van der Waals surface area contributed by atoms with Crippen molar-refractivity contribution in [2.75, 3.05) is 0 Å². The molecule has 5 rings (SSSR count). The number of aryl methyl sites for hydroxylation is 1. The van der Waals surface area contributed by atoms with E-state index < -0.39 is 0 Å². The van der Waals surface area contributed by atoms with Gasteiger partial charge in [-0.25, -0.2) is 0 Å². The summed E-state index contributed by atoms with van der Waals surface area (Å²) in [5, 5.41) is 30.8. The first-order valence-corrected chi connectivity index (χ1v) is 13.1. The van der Waals surface area contributed by atoms with E-state index >= 15 is 0 Å². The van der Waals surface area contributed by atoms with E-state index in [0.29, 0.717) is 12.0 Å². The quantitative estimate of drug-likeness (QED) is 0.211. The average molecular weight is 488 g/mol. The molecule has 0 fully saturated rings. The molecule has 0 aliphatic rings. The summed E-state index contributed by atoms with van der Waals surface area (Å²) in [5.74, 6) is 0.522. The fourth-order valence-corrected chi connectivity index (χ4v) is 4.56. The van der Waals surface area contributed by atoms with Gasteiger partial charge < -0.3 is 0 Å². The minimum atomic E-state index is 0.305. The van der Waals surface area contributed by atoms with Gasteiger partial charge in [-0.1, -0.05) is 73.7 Å². The first-order chi connectivity index (χ1) is 17.7. The van der Waals surface area contributed by atoms with E-state index in [-0.39, 0.29) is 0 Å². The molecule has 0 aliphatic heterocycles. The molecule has 0 amide bonds. The van der Waals surface area contributed by atoms with E-state index in [0.717, 1.165) is 47.0 Å². The Labute approximate surface area is 212 Å². The lowest BCUT2D eigenvalue weighted by molar-refractivity contribution is 0.385. The van der Waals surface area contributed by atoms with Crippen LogP contribution in [0.15, 0.2) is 48.5 Å². The number of benzene rings is 2. The second-order valence-electron chi connectivity index (χ2n) is 9.48. The number of aromatic amines is 2. The molecule has 2 unspecified atom stereocenters. The minimum Gasteiger partial charge on any atom is -0.262 e. The van der Waals surface area contributed by atoms with Gasteiger partial charge in [0.05, 0.1) is 22.9 Å². The van der Waals surface area contributed by atoms with Crippen molar-refractivity contribution in [1.82, 2.24) is 45.8 Å². The number of H-pyrrole nitrogens is 2. The highest BCUT2D eigenvalue weighted by atomic mass is 15.5. The van der Waals surface area contributed by atoms with Crippen LogP contribution in [-0.4, -0.2) is 45.8 Å². The highest BCUT2D eigenvalue weighted by Crippen LogP contribution is 2.29. The number of hydrogen-bond acceptors (Lipinski definition) is 6. The first kappa shape index (κ1) is 25.5. The molecule has 0 saturated heterocycles. The molecule has 0 radical (unpaired) electrons. The number of nitrogens with zero attached hydrogens (tertiary/aromatic N) is 7. The van der Waals surface area contributed by atoms with Crippen molar-refractivity contribution in [3.05, 3.63) is 59.9 Å². The maximum Gasteiger partial charge on any atom is 0.113 e. The molecule has 190 valence electrons. The molecule has 9 nitrogen and oxygen atoms in total. The maximum atomic E-state index is 4.62. The van der Waals surface area contributed by atoms with Crippen LogP contribution in [0.3, 0.4) is 0 Å². The Morgan fingerprint density at radius 2 is 1.42 bits per heavy atom. The molecular formula is C27H37N9. The zero-order chi connectivity index (χ0) is 25.2. The van der Waals surface area contributed by atoms with Crippen LogP contribution in [-0.2, 0) is 0 Å². The third-order valence-electron chi connectivity index (χ3n) is 6.68. The number of fused-ring (bicyclic) bond motifs is 2. The van der Waals surface area contributed by atoms with E-state index in [1.54, 1.807) is 0 Å². The van der Waals surface area contributed by atoms with Crippen molar-refractivity contribution < 1.29 is 0 Å². The number of hydrogen-bond donors (Lipinski definition) is 2. The largest absolute Gasteiger partial charge is 0.262 e. The third-order valence-corrected chi connectivity index (χ3v) is 6.68. The van der Waals surface area contributed by atoms with Crippen LogP contribution >= 0.6 is 0 Å². The Kier molecular flexibility index (Phi) is 9.13. The Balaban J connectivity index is 0.000000280. The summed E-state index contributed by atoms with van der Waals surface area (Å²) in [4.78, 5) is 1.88. The number of nitrogens with one attached hydrogen (secondary N) is 2. The highest BCUT2D eigenvalue weighted by Gasteiger charge is 2.18. The van der Waals surface area contributed by atoms with Gasteiger partial charge in [0, 0.05) is 5.92 Å². The zero-order valence-electron chi connectivity index (χ0n) is 21.6. The monoisotopic (exact) mass is 487 g/mol. The lowest BCUT2D eigenvalue weighted by Crippen LogP contribution is -2.10. The second-order valence-corrected chi connectivity index (χ2v) is 9.48. The van der Waals surface area contributed by atoms with Crippen LogP contribution < -0.4 is 0 Å². The van der Waals surface area contributed by atoms with E-state index in [1.165, 1.54) is 37.8 Å². The fourth-order valence-electron chi connectivity index (χ4n) is 4.56. The molecular weight excluding hydrogens is 450 g/mol. The van der Waals surface area contributed by atoms with Gasteiger partial charge in [-0.2, -0.15) is 15.0 Å². The van der Waals surface area contributed by atoms with Crippen molar-refractivity contribution in [3.63, 3.8) is 0 Å². The van der Waals surface area contributed by atoms with Gasteiger partial charge in [0.15, 0.2) is 0 Å². The SMILES string of the molecule is CCCCCCC(CCCC(C)n1nc2ccccc2n1)c1[nH]nnc1C.c1ccc2[nH]nnc2c1. The predicted octanol–water partition coefficient (Wildman–Crippen LogP) is 6.30. The molecule has 5 aromatic rings. The molecule has 0 aliphatic carbocycles. The Morgan fingerprint density at radius 1 is 0.750 bits per heavy atom. The second kappa shape index (κ2) is 12.9. The summed E-state index contributed by atoms with van der Waals surface area (Å²) in [6, 6.07) is 16.1. The first-order valence-electron chi connectivity index (χ1n) is 13.1. The van der Waals surface area contributed by atoms with Crippen LogP contribution in [0.5, 0.6) is 0 Å². The topological polar surface area (TPSA) is 114 Å². The number of para-hydroxylation sites is 1. The van der Waals surface area contributed by atoms with Crippen molar-refractivity contribution in [1.29, 1.82) is 0 Å². The molecule has 0 spiro atoms. The van der Waals surface area contributed by atoms with Gasteiger partial charge in [0.2, 0.25) is 0 Å². The van der Waals surface area contributed by atoms with Gasteiger partial charge in [-0.05, 0) is 57.4 Å². The maximum absolute atomic E-state index is 4.62. The van der Waals surface area contributed by atoms with E-state index in [4.69, 9.17) is 0 Å². The van der Waals surface area contributed by atoms with E-state index in [9.17, 15) is 0 Å². The third kappa shape index (κ3) is 6.74. The normalized spacial score (nSPS) is 13.0. The molecule has 3 heterocycles. The van der Waals surface area contributed by atoms with Gasteiger partial charge in [0.1, 0.15) is 16.6 Å². The molecule has 3 aromatic heterocycles. The number of unbranched alkanes of at least 4 members (excludes halogenated alkanes) is 3. The predicted molar refractivity (Wildman–Crippen MR) is 143 cm³/mol. The van der Waals surface area contributed by atoms with Crippen LogP contribution in [0.25, 0.3) is 22.1 Å². The summed E-state index contributed by atoms with van der Waals surface area (Å²) >= 11 is 0. The van der Waals surface area contributed by atoms with Crippen LogP contribution in [0.4, 0.5) is 0 Å². The summed E-state index contributed by atoms with van der Waals surface area (Å²) < 4.78 is 0. The Hall–Kier alpha value is -3.62. The van der Waals surface area contributed by atoms with E-state index in [1.807, 2.05) is 53.3 Å². The van der Waals surface area contributed by atoms with Crippen molar-refractivity contribution >= 4 is 22.1 Å². The van der Waals surface area contributed by atoms with Gasteiger partial charge in [0.25, 0.3) is 0 Å². The molecule has 2 aromatic carbocycles. The molecule has 36 heavy (non-hydrogen) atoms. The fraction of sp³-hybridized carbons (Fsp3) is 0.481. The number of aromatic nitrogens is 9. The van der Waals surface area contributed by atoms with Crippen LogP contribution in [0.2, 0.25) is 0 Å². The molecule has 9 heteroatoms. The van der Waals surface area contributed by atoms with Crippen molar-refractivity contribution in [2.24, 2.45) is 0 Å². The molecule has 2 atom stereocenters. The standard InChI is InChI=1S/C21H32N6.C6H5N3/c1-4-5-6-7-12-18(21-17(3)22-26-23-21)13-10-11-16(2)27-24-19-14-8-9-15-20(19)25-27;1-2-4-6-5(3-1)7-9-8-6/h8-9,14-16,18H,4-7,10-13H2,1-3H3,(H,22,23,26);1-4H,(H,7,8,9). The summed E-state index contributed by atoms with van der Waals surface area (Å²) in [6.45, 7) is 6.52. The van der Waals surface area contributed by atoms with Crippen LogP contribution in [0, 0.1) is 6.92 Å².